The van der Waals surface area contributed by atoms with Gasteiger partial charge < -0.3 is 4.74 Å². The number of benzene rings is 2. The van der Waals surface area contributed by atoms with E-state index in [1.165, 1.54) is 5.56 Å². The Morgan fingerprint density at radius 1 is 1.00 bits per heavy atom. The van der Waals surface area contributed by atoms with Crippen LogP contribution in [-0.4, -0.2) is 27.7 Å². The molecule has 2 heterocycles. The molecule has 0 saturated carbocycles. The van der Waals surface area contributed by atoms with Crippen LogP contribution in [0, 0.1) is 6.92 Å². The van der Waals surface area contributed by atoms with Gasteiger partial charge >= 0.3 is 0 Å². The standard InChI is InChI=1S/C18H16N4O/c1-12-19-20-18-16-6-4-3-5-14(16)11-17(21-22(12)18)13-7-9-15(23-2)10-8-13/h3-10H,11H2,1-2H3. The smallest absolute Gasteiger partial charge is 0.185 e. The molecular weight excluding hydrogens is 288 g/mol. The van der Waals surface area contributed by atoms with Crippen LogP contribution in [0.2, 0.25) is 0 Å². The van der Waals surface area contributed by atoms with E-state index in [-0.39, 0.29) is 0 Å². The van der Waals surface area contributed by atoms with E-state index in [1.807, 2.05) is 48.0 Å². The van der Waals surface area contributed by atoms with Gasteiger partial charge in [-0.05, 0) is 42.3 Å². The van der Waals surface area contributed by atoms with Gasteiger partial charge in [0.15, 0.2) is 11.6 Å². The van der Waals surface area contributed by atoms with Gasteiger partial charge in [-0.2, -0.15) is 9.78 Å². The summed E-state index contributed by atoms with van der Waals surface area (Å²) in [7, 11) is 1.67. The molecule has 23 heavy (non-hydrogen) atoms. The van der Waals surface area contributed by atoms with Crippen LogP contribution < -0.4 is 4.74 Å². The minimum Gasteiger partial charge on any atom is -0.497 e. The molecule has 1 aliphatic rings. The molecule has 0 spiro atoms. The molecule has 1 aliphatic heterocycles. The van der Waals surface area contributed by atoms with Gasteiger partial charge in [-0.15, -0.1) is 10.2 Å². The van der Waals surface area contributed by atoms with Crippen LogP contribution in [0.5, 0.6) is 5.75 Å². The van der Waals surface area contributed by atoms with Crippen LogP contribution >= 0.6 is 0 Å². The highest BCUT2D eigenvalue weighted by molar-refractivity contribution is 6.03. The number of aromatic nitrogens is 3. The molecule has 1 aromatic heterocycles. The summed E-state index contributed by atoms with van der Waals surface area (Å²) < 4.78 is 7.06. The van der Waals surface area contributed by atoms with Crippen LogP contribution in [0.1, 0.15) is 17.0 Å². The maximum atomic E-state index is 5.24. The van der Waals surface area contributed by atoms with Crippen molar-refractivity contribution in [1.82, 2.24) is 14.9 Å². The van der Waals surface area contributed by atoms with E-state index in [0.29, 0.717) is 0 Å². The zero-order chi connectivity index (χ0) is 15.8. The van der Waals surface area contributed by atoms with Gasteiger partial charge in [0.25, 0.3) is 0 Å². The van der Waals surface area contributed by atoms with Gasteiger partial charge in [0, 0.05) is 12.0 Å². The Hall–Kier alpha value is -2.95. The third-order valence-electron chi connectivity index (χ3n) is 4.06. The fraction of sp³-hybridized carbons (Fsp3) is 0.167. The highest BCUT2D eigenvalue weighted by Gasteiger charge is 2.20. The molecule has 0 aliphatic carbocycles. The fourth-order valence-electron chi connectivity index (χ4n) is 2.82. The van der Waals surface area contributed by atoms with Gasteiger partial charge in [0.1, 0.15) is 5.75 Å². The third kappa shape index (κ3) is 2.30. The number of ether oxygens (including phenoxy) is 1. The molecule has 5 heteroatoms. The molecule has 0 saturated heterocycles. The molecule has 0 unspecified atom stereocenters. The minimum atomic E-state index is 0.755. The number of rotatable bonds is 2. The normalized spacial score (nSPS) is 12.9. The molecule has 0 N–H and O–H groups in total. The number of fused-ring (bicyclic) bond motifs is 3. The molecule has 2 aromatic carbocycles. The van der Waals surface area contributed by atoms with Gasteiger partial charge in [0.05, 0.1) is 12.8 Å². The van der Waals surface area contributed by atoms with Crippen molar-refractivity contribution in [2.24, 2.45) is 5.10 Å². The minimum absolute atomic E-state index is 0.755. The highest BCUT2D eigenvalue weighted by Crippen LogP contribution is 2.27. The van der Waals surface area contributed by atoms with Crippen LogP contribution in [0.4, 0.5) is 0 Å². The first kappa shape index (κ1) is 13.7. The molecule has 114 valence electrons. The lowest BCUT2D eigenvalue weighted by Gasteiger charge is -2.07. The second-order valence-corrected chi connectivity index (χ2v) is 5.49. The summed E-state index contributed by atoms with van der Waals surface area (Å²) in [5.41, 5.74) is 4.34. The summed E-state index contributed by atoms with van der Waals surface area (Å²) >= 11 is 0. The number of nitrogens with zero attached hydrogens (tertiary/aromatic N) is 4. The molecule has 4 rings (SSSR count). The van der Waals surface area contributed by atoms with Crippen molar-refractivity contribution in [3.05, 3.63) is 65.5 Å². The average Bonchev–Trinajstić information content (AvgIpc) is 2.86. The summed E-state index contributed by atoms with van der Waals surface area (Å²) in [5.74, 6) is 2.41. The lowest BCUT2D eigenvalue weighted by atomic mass is 9.98. The predicted octanol–water partition coefficient (Wildman–Crippen LogP) is 3.07. The van der Waals surface area contributed by atoms with Gasteiger partial charge in [-0.25, -0.2) is 0 Å². The van der Waals surface area contributed by atoms with E-state index in [2.05, 4.69) is 22.3 Å². The largest absolute Gasteiger partial charge is 0.497 e. The van der Waals surface area contributed by atoms with Crippen molar-refractivity contribution in [1.29, 1.82) is 0 Å². The molecule has 0 fully saturated rings. The average molecular weight is 304 g/mol. The molecule has 0 radical (unpaired) electrons. The number of hydrogen-bond acceptors (Lipinski definition) is 4. The zero-order valence-corrected chi connectivity index (χ0v) is 13.0. The summed E-state index contributed by atoms with van der Waals surface area (Å²) in [6, 6.07) is 16.2. The summed E-state index contributed by atoms with van der Waals surface area (Å²) in [4.78, 5) is 0. The number of aryl methyl sites for hydroxylation is 1. The Morgan fingerprint density at radius 2 is 1.78 bits per heavy atom. The maximum Gasteiger partial charge on any atom is 0.185 e. The summed E-state index contributed by atoms with van der Waals surface area (Å²) in [6.07, 6.45) is 0.755. The predicted molar refractivity (Wildman–Crippen MR) is 88.8 cm³/mol. The second-order valence-electron chi connectivity index (χ2n) is 5.49. The highest BCUT2D eigenvalue weighted by atomic mass is 16.5. The number of hydrogen-bond donors (Lipinski definition) is 0. The molecule has 3 aromatic rings. The Morgan fingerprint density at radius 3 is 2.57 bits per heavy atom. The van der Waals surface area contributed by atoms with E-state index in [0.717, 1.165) is 40.7 Å². The Bertz CT molecular complexity index is 894. The number of methoxy groups -OCH3 is 1. The fourth-order valence-corrected chi connectivity index (χ4v) is 2.82. The van der Waals surface area contributed by atoms with E-state index in [1.54, 1.807) is 7.11 Å². The van der Waals surface area contributed by atoms with Crippen molar-refractivity contribution in [2.75, 3.05) is 7.11 Å². The lowest BCUT2D eigenvalue weighted by molar-refractivity contribution is 0.415. The van der Waals surface area contributed by atoms with E-state index in [4.69, 9.17) is 9.84 Å². The third-order valence-corrected chi connectivity index (χ3v) is 4.06. The van der Waals surface area contributed by atoms with E-state index >= 15 is 0 Å². The monoisotopic (exact) mass is 304 g/mol. The van der Waals surface area contributed by atoms with Crippen LogP contribution in [0.3, 0.4) is 0 Å². The van der Waals surface area contributed by atoms with Crippen molar-refractivity contribution < 1.29 is 4.74 Å². The Balaban J connectivity index is 1.89. The maximum absolute atomic E-state index is 5.24. The van der Waals surface area contributed by atoms with E-state index in [9.17, 15) is 0 Å². The van der Waals surface area contributed by atoms with Crippen LogP contribution in [-0.2, 0) is 6.42 Å². The summed E-state index contributed by atoms with van der Waals surface area (Å²) in [5, 5.41) is 13.3. The van der Waals surface area contributed by atoms with Gasteiger partial charge in [-0.3, -0.25) is 0 Å². The van der Waals surface area contributed by atoms with Crippen molar-refractivity contribution >= 4 is 5.71 Å². The Labute approximate surface area is 134 Å². The first-order chi connectivity index (χ1) is 11.3. The molecule has 0 bridgehead atoms. The zero-order valence-electron chi connectivity index (χ0n) is 13.0. The summed E-state index contributed by atoms with van der Waals surface area (Å²) in [6.45, 7) is 1.92. The van der Waals surface area contributed by atoms with Gasteiger partial charge in [0.2, 0.25) is 0 Å². The van der Waals surface area contributed by atoms with Crippen molar-refractivity contribution in [2.45, 2.75) is 13.3 Å². The molecule has 0 atom stereocenters. The molecule has 0 amide bonds. The molecular formula is C18H16N4O. The molecule has 5 nitrogen and oxygen atoms in total. The topological polar surface area (TPSA) is 52.3 Å². The first-order valence-electron chi connectivity index (χ1n) is 7.49. The quantitative estimate of drug-likeness (QED) is 0.731. The van der Waals surface area contributed by atoms with Crippen LogP contribution in [0.25, 0.3) is 11.4 Å². The Kier molecular flexibility index (Phi) is 3.19. The first-order valence-corrected chi connectivity index (χ1v) is 7.49. The van der Waals surface area contributed by atoms with Gasteiger partial charge in [-0.1, -0.05) is 24.3 Å². The van der Waals surface area contributed by atoms with Crippen molar-refractivity contribution in [3.63, 3.8) is 0 Å². The van der Waals surface area contributed by atoms with Crippen molar-refractivity contribution in [3.8, 4) is 17.1 Å². The van der Waals surface area contributed by atoms with Crippen LogP contribution in [0.15, 0.2) is 53.6 Å². The lowest BCUT2D eigenvalue weighted by Crippen LogP contribution is -2.07. The SMILES string of the molecule is COc1ccc(C2=Nn3c(C)nnc3-c3ccccc3C2)cc1. The van der Waals surface area contributed by atoms with E-state index < -0.39 is 0 Å². The second kappa shape index (κ2) is 5.35.